The van der Waals surface area contributed by atoms with Crippen LogP contribution >= 0.6 is 0 Å². The van der Waals surface area contributed by atoms with Gasteiger partial charge in [0.15, 0.2) is 0 Å². The van der Waals surface area contributed by atoms with Crippen molar-refractivity contribution in [1.29, 1.82) is 0 Å². The summed E-state index contributed by atoms with van der Waals surface area (Å²) < 4.78 is 0. The van der Waals surface area contributed by atoms with E-state index in [1.807, 2.05) is 0 Å². The molecule has 0 atom stereocenters. The van der Waals surface area contributed by atoms with Crippen molar-refractivity contribution in [3.05, 3.63) is 42.5 Å². The van der Waals surface area contributed by atoms with Crippen molar-refractivity contribution in [2.24, 2.45) is 5.41 Å². The molecule has 0 amide bonds. The third kappa shape index (κ3) is 2.75. The van der Waals surface area contributed by atoms with E-state index in [0.717, 1.165) is 6.42 Å². The Bertz CT molecular complexity index is 342. The fraction of sp³-hybridized carbons (Fsp3) is 0.500. The molecule has 86 valence electrons. The highest BCUT2D eigenvalue weighted by molar-refractivity contribution is 5.63. The lowest BCUT2D eigenvalue weighted by atomic mass is 9.71. The summed E-state index contributed by atoms with van der Waals surface area (Å²) in [7, 11) is 0. The van der Waals surface area contributed by atoms with Crippen LogP contribution in [0.1, 0.15) is 51.0 Å². The molecule has 0 aromatic heterocycles. The van der Waals surface area contributed by atoms with Crippen molar-refractivity contribution in [3.8, 4) is 0 Å². The molecule has 0 heteroatoms. The first kappa shape index (κ1) is 11.4. The quantitative estimate of drug-likeness (QED) is 0.659. The molecule has 0 heterocycles. The second kappa shape index (κ2) is 4.86. The van der Waals surface area contributed by atoms with Crippen molar-refractivity contribution >= 4 is 5.57 Å². The molecule has 0 N–H and O–H groups in total. The van der Waals surface area contributed by atoms with E-state index in [2.05, 4.69) is 43.8 Å². The van der Waals surface area contributed by atoms with Gasteiger partial charge in [0.05, 0.1) is 0 Å². The molecule has 0 spiro atoms. The molecule has 1 aromatic carbocycles. The van der Waals surface area contributed by atoms with Crippen LogP contribution in [0.4, 0.5) is 0 Å². The summed E-state index contributed by atoms with van der Waals surface area (Å²) >= 11 is 0. The normalized spacial score (nSPS) is 19.3. The fourth-order valence-corrected chi connectivity index (χ4v) is 2.87. The van der Waals surface area contributed by atoms with Gasteiger partial charge in [-0.2, -0.15) is 0 Å². The van der Waals surface area contributed by atoms with E-state index in [-0.39, 0.29) is 0 Å². The van der Waals surface area contributed by atoms with Crippen LogP contribution in [0.15, 0.2) is 36.9 Å². The Labute approximate surface area is 99.4 Å². The first-order valence-electron chi connectivity index (χ1n) is 6.43. The summed E-state index contributed by atoms with van der Waals surface area (Å²) in [4.78, 5) is 0. The lowest BCUT2D eigenvalue weighted by molar-refractivity contribution is 0.223. The summed E-state index contributed by atoms with van der Waals surface area (Å²) in [5.74, 6) is 0. The molecule has 0 aliphatic heterocycles. The van der Waals surface area contributed by atoms with Crippen molar-refractivity contribution < 1.29 is 0 Å². The molecule has 2 rings (SSSR count). The van der Waals surface area contributed by atoms with Gasteiger partial charge in [0.1, 0.15) is 0 Å². The Kier molecular flexibility index (Phi) is 3.48. The van der Waals surface area contributed by atoms with Crippen LogP contribution in [0.2, 0.25) is 0 Å². The maximum atomic E-state index is 4.26. The number of allylic oxidation sites excluding steroid dienone is 1. The largest absolute Gasteiger partial charge is 0.0952 e. The van der Waals surface area contributed by atoms with E-state index in [0.29, 0.717) is 5.41 Å². The number of hydrogen-bond acceptors (Lipinski definition) is 0. The van der Waals surface area contributed by atoms with Crippen LogP contribution < -0.4 is 0 Å². The molecule has 0 saturated heterocycles. The third-order valence-corrected chi connectivity index (χ3v) is 3.88. The fourth-order valence-electron chi connectivity index (χ4n) is 2.87. The average Bonchev–Trinajstić information content (AvgIpc) is 2.30. The average molecular weight is 214 g/mol. The van der Waals surface area contributed by atoms with E-state index >= 15 is 0 Å². The monoisotopic (exact) mass is 214 g/mol. The standard InChI is InChI=1S/C16H22/c1-14(15-9-5-3-6-10-15)13-16(2)11-7-4-8-12-16/h3,5-6,9-10H,1,4,7-8,11-13H2,2H3. The van der Waals surface area contributed by atoms with E-state index in [4.69, 9.17) is 0 Å². The zero-order valence-electron chi connectivity index (χ0n) is 10.3. The molecular formula is C16H22. The van der Waals surface area contributed by atoms with Crippen molar-refractivity contribution in [1.82, 2.24) is 0 Å². The van der Waals surface area contributed by atoms with Gasteiger partial charge in [-0.1, -0.05) is 63.1 Å². The van der Waals surface area contributed by atoms with Crippen LogP contribution in [-0.4, -0.2) is 0 Å². The Morgan fingerprint density at radius 3 is 2.38 bits per heavy atom. The highest BCUT2D eigenvalue weighted by atomic mass is 14.3. The molecule has 1 aliphatic rings. The van der Waals surface area contributed by atoms with Crippen LogP contribution in [0.5, 0.6) is 0 Å². The van der Waals surface area contributed by atoms with Gasteiger partial charge < -0.3 is 0 Å². The number of hydrogen-bond donors (Lipinski definition) is 0. The molecule has 1 saturated carbocycles. The molecule has 0 radical (unpaired) electrons. The van der Waals surface area contributed by atoms with Crippen molar-refractivity contribution in [2.45, 2.75) is 45.4 Å². The van der Waals surface area contributed by atoms with E-state index < -0.39 is 0 Å². The summed E-state index contributed by atoms with van der Waals surface area (Å²) in [6.45, 7) is 6.70. The minimum atomic E-state index is 0.505. The Morgan fingerprint density at radius 1 is 1.12 bits per heavy atom. The zero-order chi connectivity index (χ0) is 11.4. The summed E-state index contributed by atoms with van der Waals surface area (Å²) in [6, 6.07) is 10.6. The number of benzene rings is 1. The summed E-state index contributed by atoms with van der Waals surface area (Å²) in [5.41, 5.74) is 3.13. The summed E-state index contributed by atoms with van der Waals surface area (Å²) in [6.07, 6.45) is 8.14. The van der Waals surface area contributed by atoms with Crippen LogP contribution in [0.3, 0.4) is 0 Å². The van der Waals surface area contributed by atoms with E-state index in [1.54, 1.807) is 0 Å². The molecule has 1 aromatic rings. The maximum absolute atomic E-state index is 4.26. The van der Waals surface area contributed by atoms with Gasteiger partial charge >= 0.3 is 0 Å². The van der Waals surface area contributed by atoms with E-state index in [9.17, 15) is 0 Å². The lowest BCUT2D eigenvalue weighted by Crippen LogP contribution is -2.20. The van der Waals surface area contributed by atoms with Crippen LogP contribution in [-0.2, 0) is 0 Å². The second-order valence-electron chi connectivity index (χ2n) is 5.52. The second-order valence-corrected chi connectivity index (χ2v) is 5.52. The SMILES string of the molecule is C=C(CC1(C)CCCCC1)c1ccccc1. The molecule has 0 nitrogen and oxygen atoms in total. The molecule has 1 fully saturated rings. The predicted molar refractivity (Wildman–Crippen MR) is 71.3 cm³/mol. The van der Waals surface area contributed by atoms with Crippen molar-refractivity contribution in [3.63, 3.8) is 0 Å². The molecule has 16 heavy (non-hydrogen) atoms. The molecule has 0 bridgehead atoms. The highest BCUT2D eigenvalue weighted by Crippen LogP contribution is 2.42. The van der Waals surface area contributed by atoms with Gasteiger partial charge in [-0.05, 0) is 35.8 Å². The minimum Gasteiger partial charge on any atom is -0.0952 e. The minimum absolute atomic E-state index is 0.505. The Morgan fingerprint density at radius 2 is 1.75 bits per heavy atom. The summed E-state index contributed by atoms with van der Waals surface area (Å²) in [5, 5.41) is 0. The third-order valence-electron chi connectivity index (χ3n) is 3.88. The zero-order valence-corrected chi connectivity index (χ0v) is 10.3. The van der Waals surface area contributed by atoms with Gasteiger partial charge in [-0.15, -0.1) is 0 Å². The van der Waals surface area contributed by atoms with Crippen LogP contribution in [0, 0.1) is 5.41 Å². The first-order chi connectivity index (χ1) is 7.70. The Hall–Kier alpha value is -1.04. The predicted octanol–water partition coefficient (Wildman–Crippen LogP) is 5.06. The lowest BCUT2D eigenvalue weighted by Gasteiger charge is -2.34. The number of rotatable bonds is 3. The molecular weight excluding hydrogens is 192 g/mol. The first-order valence-corrected chi connectivity index (χ1v) is 6.43. The smallest absolute Gasteiger partial charge is 0.0225 e. The van der Waals surface area contributed by atoms with Gasteiger partial charge in [-0.25, -0.2) is 0 Å². The van der Waals surface area contributed by atoms with Gasteiger partial charge in [0, 0.05) is 0 Å². The maximum Gasteiger partial charge on any atom is -0.0225 e. The van der Waals surface area contributed by atoms with E-state index in [1.165, 1.54) is 43.2 Å². The highest BCUT2D eigenvalue weighted by Gasteiger charge is 2.27. The molecule has 0 unspecified atom stereocenters. The molecule has 1 aliphatic carbocycles. The van der Waals surface area contributed by atoms with Gasteiger partial charge in [-0.3, -0.25) is 0 Å². The van der Waals surface area contributed by atoms with Gasteiger partial charge in [0.25, 0.3) is 0 Å². The topological polar surface area (TPSA) is 0 Å². The van der Waals surface area contributed by atoms with Gasteiger partial charge in [0.2, 0.25) is 0 Å². The van der Waals surface area contributed by atoms with Crippen molar-refractivity contribution in [2.75, 3.05) is 0 Å². The van der Waals surface area contributed by atoms with Crippen LogP contribution in [0.25, 0.3) is 5.57 Å². The Balaban J connectivity index is 2.01.